The number of thiazole rings is 1. The molecule has 2 N–H and O–H groups in total. The van der Waals surface area contributed by atoms with Crippen LogP contribution < -0.4 is 15.8 Å². The Bertz CT molecular complexity index is 1790. The van der Waals surface area contributed by atoms with E-state index in [1.54, 1.807) is 16.4 Å². The number of anilines is 2. The summed E-state index contributed by atoms with van der Waals surface area (Å²) in [5.74, 6) is -3.91. The molecule has 2 unspecified atom stereocenters. The van der Waals surface area contributed by atoms with Gasteiger partial charge in [0, 0.05) is 68.5 Å². The zero-order valence-electron chi connectivity index (χ0n) is 27.0. The summed E-state index contributed by atoms with van der Waals surface area (Å²) in [7, 11) is 5.65. The van der Waals surface area contributed by atoms with Gasteiger partial charge < -0.3 is 25.0 Å². The molecule has 2 aliphatic heterocycles. The summed E-state index contributed by atoms with van der Waals surface area (Å²) in [4.78, 5) is 52.0. The van der Waals surface area contributed by atoms with E-state index in [2.05, 4.69) is 20.2 Å². The van der Waals surface area contributed by atoms with Crippen LogP contribution in [0.15, 0.2) is 34.6 Å². The first-order valence-electron chi connectivity index (χ1n) is 15.2. The summed E-state index contributed by atoms with van der Waals surface area (Å²) < 4.78 is 74.3. The van der Waals surface area contributed by atoms with Crippen molar-refractivity contribution in [3.63, 3.8) is 0 Å². The number of hydrogen-bond acceptors (Lipinski definition) is 8. The van der Waals surface area contributed by atoms with Crippen molar-refractivity contribution < 1.29 is 31.5 Å². The topological polar surface area (TPSA) is 105 Å². The molecule has 2 amide bonds. The molecule has 0 bridgehead atoms. The van der Waals surface area contributed by atoms with Gasteiger partial charge >= 0.3 is 6.18 Å². The van der Waals surface area contributed by atoms with Crippen LogP contribution in [0, 0.1) is 11.6 Å². The number of hydrogen-bond donors (Lipinski definition) is 2. The van der Waals surface area contributed by atoms with Crippen molar-refractivity contribution in [1.29, 1.82) is 0 Å². The Hall–Kier alpha value is -4.15. The van der Waals surface area contributed by atoms with Gasteiger partial charge in [-0.3, -0.25) is 19.3 Å². The molecule has 0 radical (unpaired) electrons. The second kappa shape index (κ2) is 13.8. The van der Waals surface area contributed by atoms with Crippen LogP contribution >= 0.6 is 11.3 Å². The number of pyridine rings is 1. The highest BCUT2D eigenvalue weighted by Crippen LogP contribution is 2.39. The number of rotatable bonds is 7. The van der Waals surface area contributed by atoms with E-state index in [0.29, 0.717) is 25.8 Å². The Morgan fingerprint density at radius 1 is 1.15 bits per heavy atom. The lowest BCUT2D eigenvalue weighted by molar-refractivity contribution is -0.138. The highest BCUT2D eigenvalue weighted by molar-refractivity contribution is 7.09. The number of carbonyl (C=O) groups excluding carboxylic acids is 2. The van der Waals surface area contributed by atoms with Crippen LogP contribution in [0.3, 0.4) is 0 Å². The van der Waals surface area contributed by atoms with Crippen LogP contribution in [0.5, 0.6) is 0 Å². The van der Waals surface area contributed by atoms with Gasteiger partial charge in [0.05, 0.1) is 22.4 Å². The molecular weight excluding hydrogens is 657 g/mol. The van der Waals surface area contributed by atoms with E-state index in [1.807, 2.05) is 39.9 Å². The van der Waals surface area contributed by atoms with Gasteiger partial charge in [0.2, 0.25) is 5.56 Å². The van der Waals surface area contributed by atoms with Crippen LogP contribution in [-0.4, -0.2) is 95.9 Å². The average Bonchev–Trinajstić information content (AvgIpc) is 3.47. The summed E-state index contributed by atoms with van der Waals surface area (Å²) in [6, 6.07) is 1.18. The molecule has 5 rings (SSSR count). The summed E-state index contributed by atoms with van der Waals surface area (Å²) in [6.45, 7) is 5.10. The molecular formula is C32H36F5N7O3S. The minimum atomic E-state index is -5.06. The maximum atomic E-state index is 16.7. The molecule has 48 heavy (non-hydrogen) atoms. The summed E-state index contributed by atoms with van der Waals surface area (Å²) in [5, 5.41) is 4.63. The van der Waals surface area contributed by atoms with Crippen molar-refractivity contribution in [2.24, 2.45) is 0 Å². The summed E-state index contributed by atoms with van der Waals surface area (Å²) >= 11 is 1.32. The molecule has 2 atom stereocenters. The van der Waals surface area contributed by atoms with E-state index < -0.39 is 57.6 Å². The van der Waals surface area contributed by atoms with Gasteiger partial charge in [0.15, 0.2) is 5.82 Å². The fourth-order valence-electron chi connectivity index (χ4n) is 5.96. The first-order valence-corrected chi connectivity index (χ1v) is 16.1. The molecule has 10 nitrogen and oxygen atoms in total. The van der Waals surface area contributed by atoms with E-state index in [4.69, 9.17) is 0 Å². The standard InChI is InChI=1S/C32H36F5N7O3S/c1-17-12-44(13-18(2)42(17)5)24-10-22(33)27(19-7-6-8-43(14-19)31(47)23-16-48-26(39-23)15-41(3)4)28(34)29(24)40-30(46)20-11-38-25(45)9-21(20)32(35,36)37/h7,9-11,16-18H,6,8,12-15H2,1-5H3,(H,38,45)(H,40,46). The molecule has 1 saturated heterocycles. The van der Waals surface area contributed by atoms with Crippen LogP contribution in [0.4, 0.5) is 33.3 Å². The Morgan fingerprint density at radius 2 is 1.83 bits per heavy atom. The second-order valence-corrected chi connectivity index (χ2v) is 13.3. The summed E-state index contributed by atoms with van der Waals surface area (Å²) in [5.41, 5.74) is -4.25. The number of alkyl halides is 3. The molecule has 2 aromatic heterocycles. The smallest absolute Gasteiger partial charge is 0.367 e. The number of piperazine rings is 1. The number of aromatic nitrogens is 2. The largest absolute Gasteiger partial charge is 0.417 e. The number of aromatic amines is 1. The molecule has 1 aromatic carbocycles. The van der Waals surface area contributed by atoms with Crippen molar-refractivity contribution in [2.45, 2.75) is 45.1 Å². The highest BCUT2D eigenvalue weighted by atomic mass is 32.1. The fourth-order valence-corrected chi connectivity index (χ4v) is 6.84. The van der Waals surface area contributed by atoms with E-state index in [-0.39, 0.29) is 54.6 Å². The average molecular weight is 694 g/mol. The zero-order chi connectivity index (χ0) is 35.1. The predicted molar refractivity (Wildman–Crippen MR) is 173 cm³/mol. The van der Waals surface area contributed by atoms with Crippen LogP contribution in [0.1, 0.15) is 57.2 Å². The maximum absolute atomic E-state index is 16.7. The van der Waals surface area contributed by atoms with Gasteiger partial charge in [-0.25, -0.2) is 13.8 Å². The van der Waals surface area contributed by atoms with Crippen molar-refractivity contribution in [3.05, 3.63) is 79.2 Å². The lowest BCUT2D eigenvalue weighted by atomic mass is 9.97. The minimum absolute atomic E-state index is 0.0490. The minimum Gasteiger partial charge on any atom is -0.367 e. The molecule has 0 spiro atoms. The lowest BCUT2D eigenvalue weighted by Crippen LogP contribution is -2.55. The number of likely N-dealkylation sites (N-methyl/N-ethyl adjacent to an activating group) is 1. The Kier molecular flexibility index (Phi) is 10.1. The zero-order valence-corrected chi connectivity index (χ0v) is 27.9. The van der Waals surface area contributed by atoms with Crippen LogP contribution in [0.2, 0.25) is 0 Å². The van der Waals surface area contributed by atoms with Crippen molar-refractivity contribution >= 4 is 40.1 Å². The van der Waals surface area contributed by atoms with Crippen LogP contribution in [-0.2, 0) is 12.7 Å². The van der Waals surface area contributed by atoms with E-state index in [0.717, 1.165) is 11.1 Å². The lowest BCUT2D eigenvalue weighted by Gasteiger charge is -2.44. The molecule has 3 aromatic rings. The Labute approximate surface area is 277 Å². The molecule has 258 valence electrons. The van der Waals surface area contributed by atoms with Crippen LogP contribution in [0.25, 0.3) is 5.57 Å². The number of amides is 2. The Balaban J connectivity index is 1.54. The van der Waals surface area contributed by atoms with Gasteiger partial charge in [0.1, 0.15) is 22.2 Å². The number of H-pyrrole nitrogens is 1. The van der Waals surface area contributed by atoms with Gasteiger partial charge in [-0.2, -0.15) is 13.2 Å². The number of carbonyl (C=O) groups is 2. The summed E-state index contributed by atoms with van der Waals surface area (Å²) in [6.07, 6.45) is -2.58. The SMILES string of the molecule is CC1CN(c2cc(F)c(C3=CCCN(C(=O)c4csc(CN(C)C)n4)C3)c(F)c2NC(=O)c2c[nH]c(=O)cc2C(F)(F)F)CC(C)N1C. The molecule has 2 aliphatic rings. The first-order chi connectivity index (χ1) is 22.5. The van der Waals surface area contributed by atoms with Crippen molar-refractivity contribution in [3.8, 4) is 0 Å². The first kappa shape index (κ1) is 35.2. The van der Waals surface area contributed by atoms with Gasteiger partial charge in [0.25, 0.3) is 11.8 Å². The number of benzene rings is 1. The van der Waals surface area contributed by atoms with Gasteiger partial charge in [-0.1, -0.05) is 6.08 Å². The monoisotopic (exact) mass is 693 g/mol. The fraction of sp³-hybridized carbons (Fsp3) is 0.438. The van der Waals surface area contributed by atoms with E-state index >= 15 is 8.78 Å². The molecule has 16 heteroatoms. The highest BCUT2D eigenvalue weighted by Gasteiger charge is 2.37. The van der Waals surface area contributed by atoms with E-state index in [1.165, 1.54) is 16.2 Å². The van der Waals surface area contributed by atoms with Gasteiger partial charge in [-0.05, 0) is 47.0 Å². The number of nitrogens with one attached hydrogen (secondary N) is 2. The number of halogens is 5. The normalized spacial score (nSPS) is 19.1. The third kappa shape index (κ3) is 7.29. The maximum Gasteiger partial charge on any atom is 0.417 e. The molecule has 4 heterocycles. The third-order valence-corrected chi connectivity index (χ3v) is 9.43. The quantitative estimate of drug-likeness (QED) is 0.340. The molecule has 0 saturated carbocycles. The van der Waals surface area contributed by atoms with Gasteiger partial charge in [-0.15, -0.1) is 11.3 Å². The number of nitrogens with zero attached hydrogens (tertiary/aromatic N) is 5. The molecule has 1 fully saturated rings. The van der Waals surface area contributed by atoms with Crippen molar-refractivity contribution in [1.82, 2.24) is 24.7 Å². The molecule has 0 aliphatic carbocycles. The second-order valence-electron chi connectivity index (χ2n) is 12.4. The predicted octanol–water partition coefficient (Wildman–Crippen LogP) is 4.90. The Morgan fingerprint density at radius 3 is 2.48 bits per heavy atom. The van der Waals surface area contributed by atoms with Crippen molar-refractivity contribution in [2.75, 3.05) is 57.5 Å². The third-order valence-electron chi connectivity index (χ3n) is 8.59. The van der Waals surface area contributed by atoms with E-state index in [9.17, 15) is 27.6 Å².